The molecule has 4 heteroatoms. The van der Waals surface area contributed by atoms with Crippen LogP contribution in [0, 0.1) is 0 Å². The molecule has 0 aliphatic carbocycles. The van der Waals surface area contributed by atoms with Crippen molar-refractivity contribution in [2.45, 2.75) is 19.6 Å². The van der Waals surface area contributed by atoms with Crippen LogP contribution in [0.1, 0.15) is 0 Å². The molecule has 0 amide bonds. The first-order valence-electron chi connectivity index (χ1n) is 6.61. The van der Waals surface area contributed by atoms with E-state index in [0.29, 0.717) is 10.6 Å². The smallest absolute Gasteiger partial charge is 0.170 e. The maximum atomic E-state index is 6.36. The third-order valence-electron chi connectivity index (χ3n) is 3.24. The van der Waals surface area contributed by atoms with Crippen LogP contribution in [0.15, 0.2) is 46.9 Å². The summed E-state index contributed by atoms with van der Waals surface area (Å²) in [4.78, 5) is 4.68. The van der Waals surface area contributed by atoms with Crippen molar-refractivity contribution in [3.05, 3.63) is 47.5 Å². The Balaban J connectivity index is 2.19. The first-order chi connectivity index (χ1) is 9.45. The Morgan fingerprint density at radius 2 is 1.75 bits per heavy atom. The van der Waals surface area contributed by atoms with E-state index in [0.717, 1.165) is 22.2 Å². The van der Waals surface area contributed by atoms with Crippen molar-refractivity contribution in [3.8, 4) is 11.3 Å². The number of rotatable bonds is 2. The largest absolute Gasteiger partial charge is 0.463 e. The van der Waals surface area contributed by atoms with Gasteiger partial charge >= 0.3 is 0 Å². The van der Waals surface area contributed by atoms with Crippen LogP contribution in [0.5, 0.6) is 0 Å². The van der Waals surface area contributed by atoms with Gasteiger partial charge in [-0.05, 0) is 6.07 Å². The predicted octanol–water partition coefficient (Wildman–Crippen LogP) is 4.69. The first-order valence-corrected chi connectivity index (χ1v) is 10.5. The van der Waals surface area contributed by atoms with Gasteiger partial charge in [-0.2, -0.15) is 0 Å². The lowest BCUT2D eigenvalue weighted by Gasteiger charge is -2.10. The van der Waals surface area contributed by atoms with E-state index in [4.69, 9.17) is 16.0 Å². The molecule has 0 unspecified atom stereocenters. The number of benzene rings is 1. The fourth-order valence-electron chi connectivity index (χ4n) is 2.11. The Hall–Kier alpha value is -1.58. The molecule has 20 heavy (non-hydrogen) atoms. The van der Waals surface area contributed by atoms with Crippen LogP contribution in [-0.4, -0.2) is 13.1 Å². The quantitative estimate of drug-likeness (QED) is 0.642. The molecule has 3 rings (SSSR count). The van der Waals surface area contributed by atoms with Gasteiger partial charge < -0.3 is 4.42 Å². The molecular weight excluding hydrogens is 286 g/mol. The van der Waals surface area contributed by atoms with Crippen molar-refractivity contribution in [1.82, 2.24) is 4.98 Å². The SMILES string of the molecule is C[Si](C)(C)c1cc2nc(-c3ccccc3)cc(Cl)c2o1. The molecule has 0 saturated carbocycles. The zero-order chi connectivity index (χ0) is 14.3. The van der Waals surface area contributed by atoms with E-state index < -0.39 is 8.07 Å². The minimum Gasteiger partial charge on any atom is -0.463 e. The highest BCUT2D eigenvalue weighted by Gasteiger charge is 2.23. The normalized spacial score (nSPS) is 12.0. The van der Waals surface area contributed by atoms with Gasteiger partial charge in [0, 0.05) is 11.6 Å². The van der Waals surface area contributed by atoms with Crippen LogP contribution < -0.4 is 5.38 Å². The Morgan fingerprint density at radius 1 is 1.05 bits per heavy atom. The summed E-state index contributed by atoms with van der Waals surface area (Å²) in [6, 6.07) is 14.0. The summed E-state index contributed by atoms with van der Waals surface area (Å²) in [6.45, 7) is 6.74. The van der Waals surface area contributed by atoms with Crippen molar-refractivity contribution < 1.29 is 4.42 Å². The lowest BCUT2D eigenvalue weighted by Crippen LogP contribution is -2.36. The van der Waals surface area contributed by atoms with Crippen LogP contribution in [0.4, 0.5) is 0 Å². The van der Waals surface area contributed by atoms with Crippen LogP contribution in [0.25, 0.3) is 22.4 Å². The lowest BCUT2D eigenvalue weighted by atomic mass is 10.1. The van der Waals surface area contributed by atoms with Gasteiger partial charge in [-0.3, -0.25) is 0 Å². The third-order valence-corrected chi connectivity index (χ3v) is 5.25. The van der Waals surface area contributed by atoms with Crippen LogP contribution in [-0.2, 0) is 0 Å². The van der Waals surface area contributed by atoms with Gasteiger partial charge in [-0.1, -0.05) is 61.6 Å². The molecule has 0 saturated heterocycles. The number of hydrogen-bond donors (Lipinski definition) is 0. The van der Waals surface area contributed by atoms with Gasteiger partial charge in [0.1, 0.15) is 13.6 Å². The Bertz CT molecular complexity index is 759. The van der Waals surface area contributed by atoms with Gasteiger partial charge in [-0.15, -0.1) is 0 Å². The molecule has 0 spiro atoms. The predicted molar refractivity (Wildman–Crippen MR) is 87.4 cm³/mol. The average molecular weight is 302 g/mol. The van der Waals surface area contributed by atoms with Crippen LogP contribution >= 0.6 is 11.6 Å². The molecule has 0 atom stereocenters. The highest BCUT2D eigenvalue weighted by atomic mass is 35.5. The summed E-state index contributed by atoms with van der Waals surface area (Å²) < 4.78 is 5.92. The van der Waals surface area contributed by atoms with E-state index in [2.05, 4.69) is 24.6 Å². The number of fused-ring (bicyclic) bond motifs is 1. The van der Waals surface area contributed by atoms with Gasteiger partial charge in [0.05, 0.1) is 16.1 Å². The zero-order valence-corrected chi connectivity index (χ0v) is 13.5. The molecule has 1 aromatic carbocycles. The van der Waals surface area contributed by atoms with Crippen molar-refractivity contribution in [2.24, 2.45) is 0 Å². The van der Waals surface area contributed by atoms with Gasteiger partial charge in [-0.25, -0.2) is 4.98 Å². The minimum absolute atomic E-state index is 0.623. The number of nitrogens with zero attached hydrogens (tertiary/aromatic N) is 1. The van der Waals surface area contributed by atoms with Crippen molar-refractivity contribution in [3.63, 3.8) is 0 Å². The Labute approximate surface area is 124 Å². The second kappa shape index (κ2) is 4.76. The van der Waals surface area contributed by atoms with Gasteiger partial charge in [0.15, 0.2) is 5.58 Å². The van der Waals surface area contributed by atoms with Gasteiger partial charge in [0.2, 0.25) is 0 Å². The van der Waals surface area contributed by atoms with E-state index in [1.807, 2.05) is 42.5 Å². The molecule has 3 aromatic rings. The summed E-state index contributed by atoms with van der Waals surface area (Å²) in [7, 11) is -1.50. The van der Waals surface area contributed by atoms with E-state index in [1.54, 1.807) is 0 Å². The third kappa shape index (κ3) is 2.39. The van der Waals surface area contributed by atoms with Crippen molar-refractivity contribution in [1.29, 1.82) is 0 Å². The molecule has 0 radical (unpaired) electrons. The fourth-order valence-corrected chi connectivity index (χ4v) is 3.33. The van der Waals surface area contributed by atoms with Gasteiger partial charge in [0.25, 0.3) is 0 Å². The summed E-state index contributed by atoms with van der Waals surface area (Å²) in [6.07, 6.45) is 0. The number of furan rings is 1. The second-order valence-corrected chi connectivity index (χ2v) is 11.3. The maximum absolute atomic E-state index is 6.36. The van der Waals surface area contributed by atoms with Crippen molar-refractivity contribution in [2.75, 3.05) is 0 Å². The molecule has 102 valence electrons. The van der Waals surface area contributed by atoms with Crippen molar-refractivity contribution >= 4 is 36.2 Å². The monoisotopic (exact) mass is 301 g/mol. The molecule has 2 heterocycles. The Morgan fingerprint density at radius 3 is 2.40 bits per heavy atom. The molecule has 0 aliphatic rings. The Kier molecular flexibility index (Phi) is 3.19. The topological polar surface area (TPSA) is 26.0 Å². The van der Waals surface area contributed by atoms with Crippen LogP contribution in [0.3, 0.4) is 0 Å². The number of aromatic nitrogens is 1. The van der Waals surface area contributed by atoms with E-state index in [9.17, 15) is 0 Å². The van der Waals surface area contributed by atoms with E-state index in [1.165, 1.54) is 0 Å². The number of pyridine rings is 1. The molecule has 2 aromatic heterocycles. The van der Waals surface area contributed by atoms with E-state index >= 15 is 0 Å². The summed E-state index contributed by atoms with van der Waals surface area (Å²) in [5.74, 6) is 0. The molecule has 0 aliphatic heterocycles. The standard InChI is InChI=1S/C16H16ClNOSi/c1-20(2,3)15-10-14-16(19-15)12(17)9-13(18-14)11-7-5-4-6-8-11/h4-10H,1-3H3. The second-order valence-electron chi connectivity index (χ2n) is 5.93. The molecule has 0 fully saturated rings. The lowest BCUT2D eigenvalue weighted by molar-refractivity contribution is 0.648. The molecule has 0 N–H and O–H groups in total. The summed E-state index contributed by atoms with van der Waals surface area (Å²) in [5, 5.41) is 1.66. The highest BCUT2D eigenvalue weighted by molar-refractivity contribution is 6.87. The first kappa shape index (κ1) is 13.4. The summed E-state index contributed by atoms with van der Waals surface area (Å²) in [5.41, 5.74) is 3.48. The molecule has 0 bridgehead atoms. The zero-order valence-electron chi connectivity index (χ0n) is 11.8. The average Bonchev–Trinajstić information content (AvgIpc) is 2.84. The molecular formula is C16H16ClNOSi. The fraction of sp³-hybridized carbons (Fsp3) is 0.188. The van der Waals surface area contributed by atoms with E-state index in [-0.39, 0.29) is 0 Å². The number of hydrogen-bond acceptors (Lipinski definition) is 2. The number of halogens is 1. The summed E-state index contributed by atoms with van der Waals surface area (Å²) >= 11 is 6.36. The highest BCUT2D eigenvalue weighted by Crippen LogP contribution is 2.28. The molecule has 2 nitrogen and oxygen atoms in total. The minimum atomic E-state index is -1.50. The van der Waals surface area contributed by atoms with Crippen LogP contribution in [0.2, 0.25) is 24.7 Å². The maximum Gasteiger partial charge on any atom is 0.170 e.